The van der Waals surface area contributed by atoms with Crippen molar-refractivity contribution in [1.82, 2.24) is 4.72 Å². The third kappa shape index (κ3) is 6.34. The number of nitrogens with one attached hydrogen (secondary N) is 2. The summed E-state index contributed by atoms with van der Waals surface area (Å²) in [7, 11) is -2.43. The Bertz CT molecular complexity index is 1150. The van der Waals surface area contributed by atoms with Crippen molar-refractivity contribution in [3.8, 4) is 5.75 Å². The third-order valence-electron chi connectivity index (χ3n) is 5.06. The van der Waals surface area contributed by atoms with E-state index in [4.69, 9.17) is 9.47 Å². The van der Waals surface area contributed by atoms with Crippen LogP contribution in [0.5, 0.6) is 5.75 Å². The maximum Gasteiger partial charge on any atom is 0.326 e. The molecule has 0 amide bonds. The van der Waals surface area contributed by atoms with Crippen LogP contribution in [0.2, 0.25) is 0 Å². The summed E-state index contributed by atoms with van der Waals surface area (Å²) in [6.45, 7) is 3.67. The fourth-order valence-electron chi connectivity index (χ4n) is 3.32. The lowest BCUT2D eigenvalue weighted by molar-refractivity contribution is -0.145. The van der Waals surface area contributed by atoms with Crippen molar-refractivity contribution in [2.45, 2.75) is 30.8 Å². The summed E-state index contributed by atoms with van der Waals surface area (Å²) < 4.78 is 39.4. The van der Waals surface area contributed by atoms with Gasteiger partial charge >= 0.3 is 5.97 Å². The molecule has 2 atom stereocenters. The van der Waals surface area contributed by atoms with E-state index in [1.54, 1.807) is 50.4 Å². The summed E-state index contributed by atoms with van der Waals surface area (Å²) >= 11 is 0. The molecule has 0 bridgehead atoms. The van der Waals surface area contributed by atoms with Crippen molar-refractivity contribution in [2.75, 3.05) is 19.0 Å². The van der Waals surface area contributed by atoms with Gasteiger partial charge in [-0.15, -0.1) is 0 Å². The van der Waals surface area contributed by atoms with Gasteiger partial charge in [-0.05, 0) is 55.8 Å². The van der Waals surface area contributed by atoms with Crippen LogP contribution in [0.1, 0.15) is 24.1 Å². The van der Waals surface area contributed by atoms with Gasteiger partial charge in [-0.1, -0.05) is 48.0 Å². The van der Waals surface area contributed by atoms with Crippen molar-refractivity contribution in [3.63, 3.8) is 0 Å². The van der Waals surface area contributed by atoms with Crippen LogP contribution in [0.3, 0.4) is 0 Å². The number of ether oxygens (including phenoxy) is 2. The monoisotopic (exact) mass is 468 g/mol. The van der Waals surface area contributed by atoms with E-state index in [0.717, 1.165) is 11.1 Å². The molecular weight excluding hydrogens is 440 g/mol. The van der Waals surface area contributed by atoms with Gasteiger partial charge in [-0.25, -0.2) is 8.42 Å². The maximum absolute atomic E-state index is 13.2. The van der Waals surface area contributed by atoms with Crippen molar-refractivity contribution in [1.29, 1.82) is 0 Å². The minimum atomic E-state index is -4.01. The van der Waals surface area contributed by atoms with Gasteiger partial charge in [0.15, 0.2) is 0 Å². The number of aryl methyl sites for hydroxylation is 1. The lowest BCUT2D eigenvalue weighted by atomic mass is 9.99. The molecule has 0 radical (unpaired) electrons. The highest BCUT2D eigenvalue weighted by Gasteiger charge is 2.35. The molecule has 0 aliphatic rings. The molecule has 174 valence electrons. The summed E-state index contributed by atoms with van der Waals surface area (Å²) in [5.74, 6) is 0.00174. The van der Waals surface area contributed by atoms with Gasteiger partial charge in [-0.3, -0.25) is 4.79 Å². The number of rotatable bonds is 10. The van der Waals surface area contributed by atoms with Crippen LogP contribution in [-0.2, 0) is 19.6 Å². The Labute approximate surface area is 194 Å². The molecule has 0 aliphatic heterocycles. The zero-order valence-electron chi connectivity index (χ0n) is 18.8. The first-order valence-electron chi connectivity index (χ1n) is 10.5. The summed E-state index contributed by atoms with van der Waals surface area (Å²) in [5, 5.41) is 3.29. The number of benzene rings is 3. The average molecular weight is 469 g/mol. The number of carbonyl (C=O) groups excluding carboxylic acids is 1. The van der Waals surface area contributed by atoms with Gasteiger partial charge in [0.1, 0.15) is 11.8 Å². The largest absolute Gasteiger partial charge is 0.497 e. The number of hydrogen-bond acceptors (Lipinski definition) is 6. The lowest BCUT2D eigenvalue weighted by Crippen LogP contribution is -2.48. The van der Waals surface area contributed by atoms with Crippen LogP contribution >= 0.6 is 0 Å². The molecule has 7 nitrogen and oxygen atoms in total. The molecule has 3 aromatic rings. The summed E-state index contributed by atoms with van der Waals surface area (Å²) in [4.78, 5) is 13.1. The highest BCUT2D eigenvalue weighted by atomic mass is 32.2. The van der Waals surface area contributed by atoms with Gasteiger partial charge in [0.25, 0.3) is 0 Å². The molecule has 3 rings (SSSR count). The number of carbonyl (C=O) groups is 1. The summed E-state index contributed by atoms with van der Waals surface area (Å²) in [6.07, 6.45) is 0. The Balaban J connectivity index is 2.01. The molecule has 0 saturated heterocycles. The first-order valence-corrected chi connectivity index (χ1v) is 12.0. The molecular formula is C25H28N2O5S. The van der Waals surface area contributed by atoms with Crippen LogP contribution in [0.25, 0.3) is 0 Å². The predicted octanol–water partition coefficient (Wildman–Crippen LogP) is 4.07. The van der Waals surface area contributed by atoms with E-state index in [0.29, 0.717) is 11.4 Å². The normalized spacial score (nSPS) is 13.1. The molecule has 0 spiro atoms. The van der Waals surface area contributed by atoms with Crippen molar-refractivity contribution in [2.24, 2.45) is 0 Å². The summed E-state index contributed by atoms with van der Waals surface area (Å²) in [5.41, 5.74) is 2.34. The standard InChI is InChI=1S/C25H28N2O5S/c1-4-32-25(28)24(27-33(29,30)22-16-10-18(2)11-17-22)23(19-8-6-5-7-9-19)26-20-12-14-21(31-3)15-13-20/h5-17,23-24,26-27H,4H2,1-3H3/t23-,24+/m1/s1. The lowest BCUT2D eigenvalue weighted by Gasteiger charge is -2.28. The van der Waals surface area contributed by atoms with E-state index in [1.807, 2.05) is 37.3 Å². The molecule has 0 fully saturated rings. The van der Waals surface area contributed by atoms with Gasteiger partial charge in [0.05, 0.1) is 24.7 Å². The van der Waals surface area contributed by atoms with E-state index in [9.17, 15) is 13.2 Å². The fourth-order valence-corrected chi connectivity index (χ4v) is 4.52. The smallest absolute Gasteiger partial charge is 0.326 e. The number of sulfonamides is 1. The molecule has 8 heteroatoms. The topological polar surface area (TPSA) is 93.7 Å². The van der Waals surface area contributed by atoms with Crippen molar-refractivity contribution < 1.29 is 22.7 Å². The van der Waals surface area contributed by atoms with E-state index >= 15 is 0 Å². The first kappa shape index (κ1) is 24.3. The van der Waals surface area contributed by atoms with E-state index < -0.39 is 28.1 Å². The Hall–Kier alpha value is -3.36. The number of hydrogen-bond donors (Lipinski definition) is 2. The highest BCUT2D eigenvalue weighted by molar-refractivity contribution is 7.89. The second kappa shape index (κ2) is 11.0. The Morgan fingerprint density at radius 1 is 0.939 bits per heavy atom. The Kier molecular flexibility index (Phi) is 8.08. The molecule has 2 N–H and O–H groups in total. The van der Waals surface area contributed by atoms with Crippen molar-refractivity contribution >= 4 is 21.7 Å². The predicted molar refractivity (Wildman–Crippen MR) is 128 cm³/mol. The van der Waals surface area contributed by atoms with Gasteiger partial charge < -0.3 is 14.8 Å². The molecule has 0 heterocycles. The summed E-state index contributed by atoms with van der Waals surface area (Å²) in [6, 6.07) is 20.8. The molecule has 0 aliphatic carbocycles. The van der Waals surface area contributed by atoms with Crippen LogP contribution in [0, 0.1) is 6.92 Å². The molecule has 0 aromatic heterocycles. The van der Waals surface area contributed by atoms with E-state index in [1.165, 1.54) is 12.1 Å². The van der Waals surface area contributed by atoms with Crippen molar-refractivity contribution in [3.05, 3.63) is 90.0 Å². The molecule has 3 aromatic carbocycles. The zero-order chi connectivity index (χ0) is 23.8. The van der Waals surface area contributed by atoms with Gasteiger partial charge in [-0.2, -0.15) is 4.72 Å². The quantitative estimate of drug-likeness (QED) is 0.436. The van der Waals surface area contributed by atoms with E-state index in [-0.39, 0.29) is 11.5 Å². The maximum atomic E-state index is 13.2. The van der Waals surface area contributed by atoms with Crippen LogP contribution in [0.4, 0.5) is 5.69 Å². The Morgan fingerprint density at radius 2 is 1.58 bits per heavy atom. The second-order valence-electron chi connectivity index (χ2n) is 7.43. The van der Waals surface area contributed by atoms with Crippen LogP contribution in [0.15, 0.2) is 83.8 Å². The number of esters is 1. The average Bonchev–Trinajstić information content (AvgIpc) is 2.82. The first-order chi connectivity index (χ1) is 15.8. The minimum Gasteiger partial charge on any atom is -0.497 e. The zero-order valence-corrected chi connectivity index (χ0v) is 19.6. The SMILES string of the molecule is CCOC(=O)[C@@H](NS(=O)(=O)c1ccc(C)cc1)[C@H](Nc1ccc(OC)cc1)c1ccccc1. The highest BCUT2D eigenvalue weighted by Crippen LogP contribution is 2.26. The van der Waals surface area contributed by atoms with Crippen LogP contribution < -0.4 is 14.8 Å². The van der Waals surface area contributed by atoms with Crippen LogP contribution in [-0.4, -0.2) is 34.1 Å². The van der Waals surface area contributed by atoms with Gasteiger partial charge in [0, 0.05) is 5.69 Å². The third-order valence-corrected chi connectivity index (χ3v) is 6.52. The fraction of sp³-hybridized carbons (Fsp3) is 0.240. The van der Waals surface area contributed by atoms with Gasteiger partial charge in [0.2, 0.25) is 10.0 Å². The molecule has 0 unspecified atom stereocenters. The Morgan fingerprint density at radius 3 is 2.15 bits per heavy atom. The molecule has 0 saturated carbocycles. The number of methoxy groups -OCH3 is 1. The number of anilines is 1. The minimum absolute atomic E-state index is 0.0682. The van der Waals surface area contributed by atoms with E-state index in [2.05, 4.69) is 10.0 Å². The second-order valence-corrected chi connectivity index (χ2v) is 9.14. The molecule has 33 heavy (non-hydrogen) atoms.